The van der Waals surface area contributed by atoms with Crippen LogP contribution in [-0.2, 0) is 0 Å². The minimum Gasteiger partial charge on any atom is -0.359 e. The minimum atomic E-state index is -0.192. The van der Waals surface area contributed by atoms with Crippen LogP contribution in [0, 0.1) is 11.7 Å². The summed E-state index contributed by atoms with van der Waals surface area (Å²) in [6.45, 7) is 2.20. The van der Waals surface area contributed by atoms with Crippen LogP contribution < -0.4 is 5.32 Å². The SMILES string of the molecule is CCC(CC1CC1)Nc1nc2ccc(F)cc2s1. The van der Waals surface area contributed by atoms with Crippen LogP contribution in [0.1, 0.15) is 32.6 Å². The molecule has 1 fully saturated rings. The van der Waals surface area contributed by atoms with Crippen molar-refractivity contribution in [2.24, 2.45) is 5.92 Å². The van der Waals surface area contributed by atoms with Gasteiger partial charge in [-0.25, -0.2) is 9.37 Å². The summed E-state index contributed by atoms with van der Waals surface area (Å²) in [4.78, 5) is 4.51. The molecule has 2 aromatic rings. The zero-order chi connectivity index (χ0) is 12.5. The van der Waals surface area contributed by atoms with Crippen LogP contribution in [0.5, 0.6) is 0 Å². The van der Waals surface area contributed by atoms with Crippen LogP contribution in [0.4, 0.5) is 9.52 Å². The first-order valence-electron chi connectivity index (χ1n) is 6.57. The van der Waals surface area contributed by atoms with Crippen LogP contribution in [0.25, 0.3) is 10.2 Å². The number of fused-ring (bicyclic) bond motifs is 1. The highest BCUT2D eigenvalue weighted by Gasteiger charge is 2.25. The molecule has 3 rings (SSSR count). The minimum absolute atomic E-state index is 0.192. The summed E-state index contributed by atoms with van der Waals surface area (Å²) in [7, 11) is 0. The average molecular weight is 264 g/mol. The molecule has 1 unspecified atom stereocenters. The highest BCUT2D eigenvalue weighted by molar-refractivity contribution is 7.22. The zero-order valence-corrected chi connectivity index (χ0v) is 11.3. The first kappa shape index (κ1) is 11.9. The first-order valence-corrected chi connectivity index (χ1v) is 7.39. The molecule has 96 valence electrons. The molecular weight excluding hydrogens is 247 g/mol. The average Bonchev–Trinajstić information content (AvgIpc) is 3.07. The smallest absolute Gasteiger partial charge is 0.184 e. The number of hydrogen-bond acceptors (Lipinski definition) is 3. The summed E-state index contributed by atoms with van der Waals surface area (Å²) in [5.74, 6) is 0.719. The van der Waals surface area contributed by atoms with Crippen molar-refractivity contribution in [1.29, 1.82) is 0 Å². The number of halogens is 1. The second-order valence-corrected chi connectivity index (χ2v) is 6.09. The summed E-state index contributed by atoms with van der Waals surface area (Å²) in [6.07, 6.45) is 5.11. The van der Waals surface area contributed by atoms with E-state index < -0.39 is 0 Å². The maximum absolute atomic E-state index is 13.1. The van der Waals surface area contributed by atoms with E-state index in [0.717, 1.165) is 27.7 Å². The van der Waals surface area contributed by atoms with Gasteiger partial charge in [0, 0.05) is 6.04 Å². The monoisotopic (exact) mass is 264 g/mol. The van der Waals surface area contributed by atoms with Gasteiger partial charge in [0.25, 0.3) is 0 Å². The number of thiazole rings is 1. The molecule has 0 spiro atoms. The predicted octanol–water partition coefficient (Wildman–Crippen LogP) is 4.43. The maximum atomic E-state index is 13.1. The molecular formula is C14H17FN2S. The summed E-state index contributed by atoms with van der Waals surface area (Å²) < 4.78 is 14.0. The van der Waals surface area contributed by atoms with E-state index in [1.807, 2.05) is 0 Å². The molecule has 1 aliphatic carbocycles. The lowest BCUT2D eigenvalue weighted by Gasteiger charge is -2.15. The molecule has 1 aromatic heterocycles. The summed E-state index contributed by atoms with van der Waals surface area (Å²) in [5, 5.41) is 4.41. The van der Waals surface area contributed by atoms with E-state index in [1.165, 1.54) is 25.3 Å². The van der Waals surface area contributed by atoms with Gasteiger partial charge < -0.3 is 5.32 Å². The van der Waals surface area contributed by atoms with Crippen molar-refractivity contribution in [2.45, 2.75) is 38.6 Å². The lowest BCUT2D eigenvalue weighted by atomic mass is 10.1. The van der Waals surface area contributed by atoms with Gasteiger partial charge in [0.2, 0.25) is 0 Å². The van der Waals surface area contributed by atoms with Crippen molar-refractivity contribution in [1.82, 2.24) is 4.98 Å². The van der Waals surface area contributed by atoms with E-state index in [9.17, 15) is 4.39 Å². The Balaban J connectivity index is 1.76. The molecule has 2 nitrogen and oxygen atoms in total. The predicted molar refractivity (Wildman–Crippen MR) is 74.6 cm³/mol. The molecule has 0 aliphatic heterocycles. The fraction of sp³-hybridized carbons (Fsp3) is 0.500. The summed E-state index contributed by atoms with van der Waals surface area (Å²) >= 11 is 1.54. The van der Waals surface area contributed by atoms with Crippen molar-refractivity contribution in [3.63, 3.8) is 0 Å². The normalized spacial score (nSPS) is 17.0. The van der Waals surface area contributed by atoms with E-state index in [-0.39, 0.29) is 5.82 Å². The molecule has 4 heteroatoms. The van der Waals surface area contributed by atoms with Crippen molar-refractivity contribution in [3.8, 4) is 0 Å². The van der Waals surface area contributed by atoms with Crippen LogP contribution >= 0.6 is 11.3 Å². The lowest BCUT2D eigenvalue weighted by molar-refractivity contribution is 0.587. The second kappa shape index (κ2) is 4.84. The lowest BCUT2D eigenvalue weighted by Crippen LogP contribution is -2.18. The molecule has 1 N–H and O–H groups in total. The third-order valence-corrected chi connectivity index (χ3v) is 4.44. The van der Waals surface area contributed by atoms with Gasteiger partial charge in [0.05, 0.1) is 10.2 Å². The van der Waals surface area contributed by atoms with Gasteiger partial charge in [0.1, 0.15) is 5.82 Å². The molecule has 1 aromatic carbocycles. The third kappa shape index (κ3) is 2.64. The Hall–Kier alpha value is -1.16. The number of aromatic nitrogens is 1. The fourth-order valence-corrected chi connectivity index (χ4v) is 3.19. The Morgan fingerprint density at radius 1 is 1.50 bits per heavy atom. The van der Waals surface area contributed by atoms with Crippen molar-refractivity contribution < 1.29 is 4.39 Å². The zero-order valence-electron chi connectivity index (χ0n) is 10.4. The quantitative estimate of drug-likeness (QED) is 0.864. The Labute approximate surface area is 110 Å². The molecule has 0 radical (unpaired) electrons. The highest BCUT2D eigenvalue weighted by atomic mass is 32.1. The Morgan fingerprint density at radius 2 is 2.33 bits per heavy atom. The van der Waals surface area contributed by atoms with Crippen molar-refractivity contribution >= 4 is 26.7 Å². The fourth-order valence-electron chi connectivity index (χ4n) is 2.22. The molecule has 18 heavy (non-hydrogen) atoms. The van der Waals surface area contributed by atoms with Crippen molar-refractivity contribution in [3.05, 3.63) is 24.0 Å². The van der Waals surface area contributed by atoms with Gasteiger partial charge in [-0.3, -0.25) is 0 Å². The van der Waals surface area contributed by atoms with E-state index in [1.54, 1.807) is 23.5 Å². The standard InChI is InChI=1S/C14H17FN2S/c1-2-11(7-9-3-4-9)16-14-17-12-6-5-10(15)8-13(12)18-14/h5-6,8-9,11H,2-4,7H2,1H3,(H,16,17). The Bertz CT molecular complexity index is 548. The van der Waals surface area contributed by atoms with Crippen LogP contribution in [0.15, 0.2) is 18.2 Å². The largest absolute Gasteiger partial charge is 0.359 e. The molecule has 0 amide bonds. The molecule has 1 heterocycles. The first-order chi connectivity index (χ1) is 8.74. The van der Waals surface area contributed by atoms with E-state index in [4.69, 9.17) is 0 Å². The molecule has 1 saturated carbocycles. The van der Waals surface area contributed by atoms with Gasteiger partial charge in [-0.15, -0.1) is 0 Å². The van der Waals surface area contributed by atoms with E-state index in [0.29, 0.717) is 6.04 Å². The van der Waals surface area contributed by atoms with Gasteiger partial charge >= 0.3 is 0 Å². The number of anilines is 1. The number of rotatable bonds is 5. The Morgan fingerprint density at radius 3 is 3.06 bits per heavy atom. The van der Waals surface area contributed by atoms with Crippen LogP contribution in [-0.4, -0.2) is 11.0 Å². The number of nitrogens with one attached hydrogen (secondary N) is 1. The van der Waals surface area contributed by atoms with Gasteiger partial charge in [-0.05, 0) is 37.0 Å². The summed E-state index contributed by atoms with van der Waals surface area (Å²) in [5.41, 5.74) is 0.880. The van der Waals surface area contributed by atoms with Crippen LogP contribution in [0.3, 0.4) is 0 Å². The third-order valence-electron chi connectivity index (χ3n) is 3.49. The van der Waals surface area contributed by atoms with Gasteiger partial charge in [-0.1, -0.05) is 31.1 Å². The molecule has 1 atom stereocenters. The molecule has 0 bridgehead atoms. The molecule has 1 aliphatic rings. The number of benzene rings is 1. The van der Waals surface area contributed by atoms with Gasteiger partial charge in [0.15, 0.2) is 5.13 Å². The molecule has 0 saturated heterocycles. The summed E-state index contributed by atoms with van der Waals surface area (Å²) in [6, 6.07) is 5.27. The van der Waals surface area contributed by atoms with Crippen LogP contribution in [0.2, 0.25) is 0 Å². The topological polar surface area (TPSA) is 24.9 Å². The highest BCUT2D eigenvalue weighted by Crippen LogP contribution is 2.35. The van der Waals surface area contributed by atoms with Crippen molar-refractivity contribution in [2.75, 3.05) is 5.32 Å². The number of nitrogens with zero attached hydrogens (tertiary/aromatic N) is 1. The number of hydrogen-bond donors (Lipinski definition) is 1. The second-order valence-electron chi connectivity index (χ2n) is 5.06. The maximum Gasteiger partial charge on any atom is 0.184 e. The Kier molecular flexibility index (Phi) is 3.20. The van der Waals surface area contributed by atoms with E-state index in [2.05, 4.69) is 17.2 Å². The van der Waals surface area contributed by atoms with Gasteiger partial charge in [-0.2, -0.15) is 0 Å². The van der Waals surface area contributed by atoms with E-state index >= 15 is 0 Å².